The first kappa shape index (κ1) is 16.7. The van der Waals surface area contributed by atoms with Crippen LogP contribution in [0.5, 0.6) is 0 Å². The van der Waals surface area contributed by atoms with Gasteiger partial charge in [-0.1, -0.05) is 18.2 Å². The quantitative estimate of drug-likeness (QED) is 0.779. The summed E-state index contributed by atoms with van der Waals surface area (Å²) in [7, 11) is 2.03. The van der Waals surface area contributed by atoms with Crippen molar-refractivity contribution in [3.8, 4) is 0 Å². The van der Waals surface area contributed by atoms with E-state index in [0.717, 1.165) is 5.69 Å². The lowest BCUT2D eigenvalue weighted by Crippen LogP contribution is -2.40. The second-order valence-corrected chi connectivity index (χ2v) is 5.35. The van der Waals surface area contributed by atoms with Gasteiger partial charge in [0.1, 0.15) is 0 Å². The molecule has 0 radical (unpaired) electrons. The van der Waals surface area contributed by atoms with Gasteiger partial charge < -0.3 is 15.5 Å². The van der Waals surface area contributed by atoms with E-state index >= 15 is 0 Å². The maximum Gasteiger partial charge on any atom is 0.222 e. The van der Waals surface area contributed by atoms with Crippen LogP contribution in [0.25, 0.3) is 0 Å². The Balaban J connectivity index is 1.67. The zero-order chi connectivity index (χ0) is 16.5. The van der Waals surface area contributed by atoms with E-state index in [-0.39, 0.29) is 11.9 Å². The van der Waals surface area contributed by atoms with Crippen molar-refractivity contribution >= 4 is 17.5 Å². The number of carbonyl (C=O) groups is 1. The number of anilines is 2. The molecule has 1 aromatic carbocycles. The Bertz CT molecular complexity index is 590. The molecule has 1 unspecified atom stereocenters. The van der Waals surface area contributed by atoms with Crippen molar-refractivity contribution in [2.75, 3.05) is 30.4 Å². The van der Waals surface area contributed by atoms with E-state index < -0.39 is 0 Å². The number of hydrogen-bond acceptors (Lipinski definition) is 5. The Hall–Kier alpha value is -2.63. The average Bonchev–Trinajstić information content (AvgIpc) is 2.60. The summed E-state index contributed by atoms with van der Waals surface area (Å²) in [5.74, 6) is 0.555. The smallest absolute Gasteiger partial charge is 0.222 e. The lowest BCUT2D eigenvalue weighted by molar-refractivity contribution is -0.120. The lowest BCUT2D eigenvalue weighted by Gasteiger charge is -2.27. The van der Waals surface area contributed by atoms with Crippen molar-refractivity contribution in [1.29, 1.82) is 0 Å². The Morgan fingerprint density at radius 1 is 1.17 bits per heavy atom. The predicted octanol–water partition coefficient (Wildman–Crippen LogP) is 1.92. The van der Waals surface area contributed by atoms with Gasteiger partial charge in [-0.15, -0.1) is 0 Å². The second kappa shape index (κ2) is 8.73. The monoisotopic (exact) mass is 313 g/mol. The summed E-state index contributed by atoms with van der Waals surface area (Å²) in [5.41, 5.74) is 1.14. The number of hydrogen-bond donors (Lipinski definition) is 2. The fourth-order valence-electron chi connectivity index (χ4n) is 2.08. The van der Waals surface area contributed by atoms with Crippen molar-refractivity contribution in [3.05, 3.63) is 48.8 Å². The summed E-state index contributed by atoms with van der Waals surface area (Å²) in [5, 5.41) is 5.98. The summed E-state index contributed by atoms with van der Waals surface area (Å²) in [4.78, 5) is 22.1. The Morgan fingerprint density at radius 3 is 2.57 bits per heavy atom. The van der Waals surface area contributed by atoms with Crippen LogP contribution >= 0.6 is 0 Å². The number of nitrogens with one attached hydrogen (secondary N) is 2. The van der Waals surface area contributed by atoms with Crippen molar-refractivity contribution in [1.82, 2.24) is 15.3 Å². The molecule has 0 fully saturated rings. The number of nitrogens with zero attached hydrogens (tertiary/aromatic N) is 3. The number of rotatable bonds is 8. The molecule has 0 spiro atoms. The number of benzene rings is 1. The van der Waals surface area contributed by atoms with Crippen LogP contribution in [0.4, 0.5) is 11.6 Å². The molecule has 1 heterocycles. The second-order valence-electron chi connectivity index (χ2n) is 5.35. The third kappa shape index (κ3) is 5.58. The van der Waals surface area contributed by atoms with Crippen LogP contribution in [0, 0.1) is 0 Å². The van der Waals surface area contributed by atoms with E-state index in [1.54, 1.807) is 18.5 Å². The maximum absolute atomic E-state index is 11.9. The van der Waals surface area contributed by atoms with E-state index in [1.807, 2.05) is 25.2 Å². The SMILES string of the molecule is CC(CNC(=O)CCNc1ncccn1)N(C)c1ccccc1. The van der Waals surface area contributed by atoms with Crippen molar-refractivity contribution in [2.24, 2.45) is 0 Å². The minimum Gasteiger partial charge on any atom is -0.370 e. The molecule has 0 aliphatic carbocycles. The van der Waals surface area contributed by atoms with E-state index in [2.05, 4.69) is 44.6 Å². The van der Waals surface area contributed by atoms with Gasteiger partial charge in [0.25, 0.3) is 0 Å². The molecule has 2 N–H and O–H groups in total. The van der Waals surface area contributed by atoms with E-state index in [1.165, 1.54) is 0 Å². The molecule has 0 aliphatic rings. The molecule has 2 rings (SSSR count). The van der Waals surface area contributed by atoms with Crippen LogP contribution in [0.15, 0.2) is 48.8 Å². The maximum atomic E-state index is 11.9. The van der Waals surface area contributed by atoms with Gasteiger partial charge in [0.2, 0.25) is 11.9 Å². The van der Waals surface area contributed by atoms with Crippen molar-refractivity contribution < 1.29 is 4.79 Å². The van der Waals surface area contributed by atoms with Crippen LogP contribution < -0.4 is 15.5 Å². The van der Waals surface area contributed by atoms with Gasteiger partial charge in [-0.2, -0.15) is 0 Å². The first-order valence-electron chi connectivity index (χ1n) is 7.72. The number of para-hydroxylation sites is 1. The van der Waals surface area contributed by atoms with Crippen LogP contribution in [-0.2, 0) is 4.79 Å². The molecular formula is C17H23N5O. The molecule has 23 heavy (non-hydrogen) atoms. The highest BCUT2D eigenvalue weighted by molar-refractivity contribution is 5.76. The Morgan fingerprint density at radius 2 is 1.87 bits per heavy atom. The summed E-state index contributed by atoms with van der Waals surface area (Å²) >= 11 is 0. The summed E-state index contributed by atoms with van der Waals surface area (Å²) in [6.45, 7) is 3.20. The van der Waals surface area contributed by atoms with Crippen LogP contribution in [0.1, 0.15) is 13.3 Å². The number of likely N-dealkylation sites (N-methyl/N-ethyl adjacent to an activating group) is 1. The van der Waals surface area contributed by atoms with Gasteiger partial charge in [-0.3, -0.25) is 4.79 Å². The number of aromatic nitrogens is 2. The molecule has 1 atom stereocenters. The minimum absolute atomic E-state index is 0.0155. The summed E-state index contributed by atoms with van der Waals surface area (Å²) < 4.78 is 0. The standard InChI is InChI=1S/C17H23N5O/c1-14(22(2)15-7-4-3-5-8-15)13-21-16(23)9-12-20-17-18-10-6-11-19-17/h3-8,10-11,14H,9,12-13H2,1-2H3,(H,21,23)(H,18,19,20). The molecular weight excluding hydrogens is 290 g/mol. The van der Waals surface area contributed by atoms with E-state index in [4.69, 9.17) is 0 Å². The zero-order valence-corrected chi connectivity index (χ0v) is 13.6. The molecule has 0 saturated carbocycles. The van der Waals surface area contributed by atoms with E-state index in [0.29, 0.717) is 25.5 Å². The van der Waals surface area contributed by atoms with Crippen molar-refractivity contribution in [3.63, 3.8) is 0 Å². The first-order chi connectivity index (χ1) is 11.2. The Kier molecular flexibility index (Phi) is 6.35. The highest BCUT2D eigenvalue weighted by atomic mass is 16.1. The van der Waals surface area contributed by atoms with Crippen LogP contribution in [0.2, 0.25) is 0 Å². The van der Waals surface area contributed by atoms with Gasteiger partial charge in [-0.25, -0.2) is 9.97 Å². The van der Waals surface area contributed by atoms with Crippen molar-refractivity contribution in [2.45, 2.75) is 19.4 Å². The molecule has 2 aromatic rings. The Labute approximate surface area is 137 Å². The zero-order valence-electron chi connectivity index (χ0n) is 13.6. The van der Waals surface area contributed by atoms with Gasteiger partial charge in [0.05, 0.1) is 0 Å². The number of carbonyl (C=O) groups excluding carboxylic acids is 1. The molecule has 0 aliphatic heterocycles. The molecule has 1 amide bonds. The number of amides is 1. The minimum atomic E-state index is 0.0155. The highest BCUT2D eigenvalue weighted by Gasteiger charge is 2.11. The molecule has 122 valence electrons. The average molecular weight is 313 g/mol. The fourth-order valence-corrected chi connectivity index (χ4v) is 2.08. The molecule has 0 saturated heterocycles. The summed E-state index contributed by atoms with van der Waals surface area (Å²) in [6, 6.07) is 12.1. The topological polar surface area (TPSA) is 70.1 Å². The normalized spacial score (nSPS) is 11.6. The summed E-state index contributed by atoms with van der Waals surface area (Å²) in [6.07, 6.45) is 3.72. The van der Waals surface area contributed by atoms with Crippen LogP contribution in [-0.4, -0.2) is 42.1 Å². The van der Waals surface area contributed by atoms with Gasteiger partial charge in [-0.05, 0) is 25.1 Å². The lowest BCUT2D eigenvalue weighted by atomic mass is 10.2. The molecule has 6 nitrogen and oxygen atoms in total. The third-order valence-corrected chi connectivity index (χ3v) is 3.62. The van der Waals surface area contributed by atoms with Crippen LogP contribution in [0.3, 0.4) is 0 Å². The van der Waals surface area contributed by atoms with Gasteiger partial charge >= 0.3 is 0 Å². The molecule has 1 aromatic heterocycles. The largest absolute Gasteiger partial charge is 0.370 e. The third-order valence-electron chi connectivity index (χ3n) is 3.62. The predicted molar refractivity (Wildman–Crippen MR) is 92.5 cm³/mol. The van der Waals surface area contributed by atoms with Gasteiger partial charge in [0.15, 0.2) is 0 Å². The molecule has 6 heteroatoms. The first-order valence-corrected chi connectivity index (χ1v) is 7.72. The fraction of sp³-hybridized carbons (Fsp3) is 0.353. The van der Waals surface area contributed by atoms with E-state index in [9.17, 15) is 4.79 Å². The molecule has 0 bridgehead atoms. The highest BCUT2D eigenvalue weighted by Crippen LogP contribution is 2.13. The van der Waals surface area contributed by atoms with Gasteiger partial charge in [0, 0.05) is 50.7 Å².